The van der Waals surface area contributed by atoms with E-state index in [0.29, 0.717) is 16.6 Å². The lowest BCUT2D eigenvalue weighted by molar-refractivity contribution is -0.122. The molecule has 176 valence electrons. The van der Waals surface area contributed by atoms with Crippen LogP contribution in [0.15, 0.2) is 30.6 Å². The Morgan fingerprint density at radius 1 is 1.21 bits per heavy atom. The third-order valence-corrected chi connectivity index (χ3v) is 5.24. The molecule has 12 heteroatoms. The van der Waals surface area contributed by atoms with Crippen LogP contribution in [0.3, 0.4) is 0 Å². The smallest absolute Gasteiger partial charge is 0.220 e. The number of benzene rings is 1. The summed E-state index contributed by atoms with van der Waals surface area (Å²) < 4.78 is 7.11. The summed E-state index contributed by atoms with van der Waals surface area (Å²) in [5.74, 6) is 5.41. The Hall–Kier alpha value is -3.89. The van der Waals surface area contributed by atoms with E-state index in [-0.39, 0.29) is 29.5 Å². The number of fused-ring (bicyclic) bond motifs is 1. The van der Waals surface area contributed by atoms with E-state index in [9.17, 15) is 19.8 Å². The maximum atomic E-state index is 11.4. The average Bonchev–Trinajstić information content (AvgIpc) is 3.34. The molecule has 4 atom stereocenters. The highest BCUT2D eigenvalue weighted by molar-refractivity contribution is 5.94. The Labute approximate surface area is 193 Å². The number of carbonyl (C=O) groups is 2. The Balaban J connectivity index is 1.71. The molecule has 0 saturated carbocycles. The second-order valence-electron chi connectivity index (χ2n) is 7.63. The number of nitrogens with two attached hydrogens (primary N) is 1. The van der Waals surface area contributed by atoms with E-state index in [1.54, 1.807) is 24.3 Å². The van der Waals surface area contributed by atoms with Gasteiger partial charge in [-0.1, -0.05) is 18.1 Å². The number of aromatic nitrogens is 4. The van der Waals surface area contributed by atoms with Crippen molar-refractivity contribution in [3.8, 4) is 11.8 Å². The summed E-state index contributed by atoms with van der Waals surface area (Å²) in [6.07, 6.45) is -3.63. The molecule has 5 N–H and O–H groups in total. The van der Waals surface area contributed by atoms with Crippen molar-refractivity contribution < 1.29 is 29.4 Å². The molecule has 0 aliphatic carbocycles. The number of hydrogen-bond acceptors (Lipinski definition) is 10. The zero-order valence-electron chi connectivity index (χ0n) is 18.3. The van der Waals surface area contributed by atoms with Gasteiger partial charge in [-0.25, -0.2) is 15.4 Å². The summed E-state index contributed by atoms with van der Waals surface area (Å²) in [4.78, 5) is 40.7. The first-order chi connectivity index (χ1) is 16.3. The molecule has 3 heterocycles. The normalized spacial score (nSPS) is 21.8. The summed E-state index contributed by atoms with van der Waals surface area (Å²) in [5.41, 5.74) is 9.61. The monoisotopic (exact) mass is 466 g/mol. The van der Waals surface area contributed by atoms with Gasteiger partial charge in [0.15, 0.2) is 29.0 Å². The molecule has 12 nitrogen and oxygen atoms in total. The Bertz CT molecular complexity index is 1290. The number of amides is 1. The number of ketones is 1. The summed E-state index contributed by atoms with van der Waals surface area (Å²) >= 11 is 0. The summed E-state index contributed by atoms with van der Waals surface area (Å²) in [5, 5.41) is 20.8. The number of aliphatic hydroxyl groups is 2. The molecule has 1 aliphatic heterocycles. The SMILES string of the molecule is CONc1nc(C#Cc2ccc(C(C)=O)cc2)nc2c1ncn2[C@@H]1O[C@@H](CC(N)=O)[C@H](O)[C@H]1O. The highest BCUT2D eigenvalue weighted by Gasteiger charge is 2.44. The van der Waals surface area contributed by atoms with E-state index in [0.717, 1.165) is 0 Å². The zero-order chi connectivity index (χ0) is 24.4. The van der Waals surface area contributed by atoms with Gasteiger partial charge in [0.1, 0.15) is 12.2 Å². The lowest BCUT2D eigenvalue weighted by atomic mass is 10.1. The van der Waals surface area contributed by atoms with Crippen LogP contribution in [-0.2, 0) is 14.4 Å². The number of imidazole rings is 1. The number of nitrogens with one attached hydrogen (secondary N) is 1. The van der Waals surface area contributed by atoms with Gasteiger partial charge >= 0.3 is 0 Å². The molecule has 3 aromatic rings. The maximum absolute atomic E-state index is 11.4. The molecular formula is C22H22N6O6. The Morgan fingerprint density at radius 3 is 2.59 bits per heavy atom. The highest BCUT2D eigenvalue weighted by Crippen LogP contribution is 2.33. The molecule has 4 rings (SSSR count). The van der Waals surface area contributed by atoms with Gasteiger partial charge in [0.2, 0.25) is 11.7 Å². The second kappa shape index (κ2) is 9.54. The van der Waals surface area contributed by atoms with E-state index in [4.69, 9.17) is 15.3 Å². The first-order valence-corrected chi connectivity index (χ1v) is 10.2. The van der Waals surface area contributed by atoms with Crippen molar-refractivity contribution in [1.29, 1.82) is 0 Å². The van der Waals surface area contributed by atoms with E-state index < -0.39 is 30.4 Å². The highest BCUT2D eigenvalue weighted by atomic mass is 16.6. The first-order valence-electron chi connectivity index (χ1n) is 10.2. The van der Waals surface area contributed by atoms with Gasteiger partial charge in [-0.2, -0.15) is 4.98 Å². The molecule has 0 bridgehead atoms. The summed E-state index contributed by atoms with van der Waals surface area (Å²) in [6, 6.07) is 6.78. The first kappa shape index (κ1) is 23.3. The number of ether oxygens (including phenoxy) is 1. The van der Waals surface area contributed by atoms with E-state index >= 15 is 0 Å². The van der Waals surface area contributed by atoms with Crippen molar-refractivity contribution in [3.05, 3.63) is 47.5 Å². The van der Waals surface area contributed by atoms with E-state index in [2.05, 4.69) is 32.3 Å². The van der Waals surface area contributed by atoms with E-state index in [1.807, 2.05) is 0 Å². The predicted octanol–water partition coefficient (Wildman–Crippen LogP) is -0.103. The quantitative estimate of drug-likeness (QED) is 0.218. The van der Waals surface area contributed by atoms with Gasteiger partial charge in [0.05, 0.1) is 26.0 Å². The molecule has 34 heavy (non-hydrogen) atoms. The third-order valence-electron chi connectivity index (χ3n) is 5.24. The lowest BCUT2D eigenvalue weighted by Crippen LogP contribution is -2.33. The lowest BCUT2D eigenvalue weighted by Gasteiger charge is -2.16. The predicted molar refractivity (Wildman–Crippen MR) is 118 cm³/mol. The second-order valence-corrected chi connectivity index (χ2v) is 7.63. The van der Waals surface area contributed by atoms with Crippen LogP contribution in [-0.4, -0.2) is 66.8 Å². The van der Waals surface area contributed by atoms with E-state index in [1.165, 1.54) is 24.9 Å². The molecule has 1 aromatic carbocycles. The standard InChI is InChI=1S/C22H22N6O6/c1-11(29)13-6-3-12(4-7-13)5-8-16-25-20(27-33-2)17-21(26-16)28(10-24-17)22-19(32)18(31)14(34-22)9-15(23)30/h3-4,6-7,10,14,18-19,22,31-32H,9H2,1-2H3,(H2,23,30)(H,25,26,27)/t14-,18-,19+,22+/m0/s1. The van der Waals surface area contributed by atoms with Crippen LogP contribution < -0.4 is 11.2 Å². The molecule has 0 unspecified atom stereocenters. The molecule has 1 saturated heterocycles. The average molecular weight is 466 g/mol. The number of primary amides is 1. The van der Waals surface area contributed by atoms with Crippen molar-refractivity contribution in [2.24, 2.45) is 5.73 Å². The van der Waals surface area contributed by atoms with Gasteiger partial charge in [-0.3, -0.25) is 19.0 Å². The van der Waals surface area contributed by atoms with Crippen LogP contribution in [0.4, 0.5) is 5.82 Å². The van der Waals surface area contributed by atoms with Gasteiger partial charge in [-0.15, -0.1) is 0 Å². The topological polar surface area (TPSA) is 175 Å². The number of aliphatic hydroxyl groups excluding tert-OH is 2. The van der Waals surface area contributed by atoms with Crippen molar-refractivity contribution in [2.75, 3.05) is 12.6 Å². The summed E-state index contributed by atoms with van der Waals surface area (Å²) in [6.45, 7) is 1.48. The fourth-order valence-corrected chi connectivity index (χ4v) is 3.57. The van der Waals surface area contributed by atoms with Gasteiger partial charge in [-0.05, 0) is 25.0 Å². The summed E-state index contributed by atoms with van der Waals surface area (Å²) in [7, 11) is 1.40. The van der Waals surface area contributed by atoms with Crippen LogP contribution >= 0.6 is 0 Å². The number of nitrogens with zero attached hydrogens (tertiary/aromatic N) is 4. The molecule has 1 fully saturated rings. The van der Waals surface area contributed by atoms with Crippen LogP contribution in [0.1, 0.15) is 41.3 Å². The Morgan fingerprint density at radius 2 is 1.94 bits per heavy atom. The van der Waals surface area contributed by atoms with Gasteiger partial charge in [0, 0.05) is 11.1 Å². The number of anilines is 1. The number of rotatable bonds is 6. The van der Waals surface area contributed by atoms with Crippen LogP contribution in [0.2, 0.25) is 0 Å². The minimum atomic E-state index is -1.36. The Kier molecular flexibility index (Phi) is 6.53. The zero-order valence-corrected chi connectivity index (χ0v) is 18.3. The number of hydrogen-bond donors (Lipinski definition) is 4. The van der Waals surface area contributed by atoms with Crippen LogP contribution in [0.25, 0.3) is 11.2 Å². The van der Waals surface area contributed by atoms with Crippen LogP contribution in [0.5, 0.6) is 0 Å². The number of Topliss-reactive ketones (excluding diaryl/α,β-unsaturated/α-hetero) is 1. The molecule has 2 aromatic heterocycles. The van der Waals surface area contributed by atoms with Gasteiger partial charge < -0.3 is 20.7 Å². The number of carbonyl (C=O) groups excluding carboxylic acids is 2. The van der Waals surface area contributed by atoms with Crippen molar-refractivity contribution in [2.45, 2.75) is 37.9 Å². The minimum Gasteiger partial charge on any atom is -0.388 e. The molecule has 1 amide bonds. The largest absolute Gasteiger partial charge is 0.388 e. The maximum Gasteiger partial charge on any atom is 0.220 e. The molecular weight excluding hydrogens is 444 g/mol. The van der Waals surface area contributed by atoms with Crippen LogP contribution in [0, 0.1) is 11.8 Å². The molecule has 1 aliphatic rings. The molecule has 0 radical (unpaired) electrons. The fraction of sp³-hybridized carbons (Fsp3) is 0.318. The van der Waals surface area contributed by atoms with Crippen molar-refractivity contribution >= 4 is 28.7 Å². The fourth-order valence-electron chi connectivity index (χ4n) is 3.57. The van der Waals surface area contributed by atoms with Crippen molar-refractivity contribution in [1.82, 2.24) is 19.5 Å². The van der Waals surface area contributed by atoms with Crippen molar-refractivity contribution in [3.63, 3.8) is 0 Å². The minimum absolute atomic E-state index is 0.0451. The molecule has 0 spiro atoms. The third kappa shape index (κ3) is 4.59. The van der Waals surface area contributed by atoms with Gasteiger partial charge in [0.25, 0.3) is 0 Å².